The largest absolute Gasteiger partial charge is 0.457 e. The molecule has 43 heavy (non-hydrogen) atoms. The number of ether oxygens (including phenoxy) is 2. The van der Waals surface area contributed by atoms with Crippen LogP contribution in [-0.2, 0) is 0 Å². The van der Waals surface area contributed by atoms with Crippen molar-refractivity contribution in [1.82, 2.24) is 9.55 Å². The number of nitrogens with zero attached hydrogens (tertiary/aromatic N) is 3. The third kappa shape index (κ3) is 4.83. The van der Waals surface area contributed by atoms with Gasteiger partial charge >= 0.3 is 5.63 Å². The van der Waals surface area contributed by atoms with Crippen LogP contribution >= 0.6 is 0 Å². The lowest BCUT2D eigenvalue weighted by atomic mass is 9.87. The molecule has 3 heterocycles. The topological polar surface area (TPSA) is 129 Å². The molecule has 9 heteroatoms. The van der Waals surface area contributed by atoms with Gasteiger partial charge < -0.3 is 24.0 Å². The number of nitrogen functional groups attached to an aromatic ring is 1. The first-order valence-electron chi connectivity index (χ1n) is 13.4. The first-order chi connectivity index (χ1) is 21.1. The van der Waals surface area contributed by atoms with Crippen LogP contribution in [0.15, 0.2) is 123 Å². The molecule has 7 rings (SSSR count). The summed E-state index contributed by atoms with van der Waals surface area (Å²) in [6.45, 7) is 0. The van der Waals surface area contributed by atoms with Gasteiger partial charge in [-0.05, 0) is 65.7 Å². The fourth-order valence-electron chi connectivity index (χ4n) is 5.04. The first kappa shape index (κ1) is 25.7. The van der Waals surface area contributed by atoms with E-state index < -0.39 is 11.5 Å². The van der Waals surface area contributed by atoms with Gasteiger partial charge in [0, 0.05) is 0 Å². The van der Waals surface area contributed by atoms with E-state index in [0.29, 0.717) is 34.3 Å². The Hall–Kier alpha value is -6.27. The van der Waals surface area contributed by atoms with Crippen molar-refractivity contribution in [1.29, 1.82) is 5.26 Å². The zero-order chi connectivity index (χ0) is 29.3. The van der Waals surface area contributed by atoms with E-state index in [4.69, 9.17) is 24.0 Å². The molecular weight excluding hydrogens is 544 g/mol. The molecule has 0 saturated heterocycles. The van der Waals surface area contributed by atoms with Crippen molar-refractivity contribution in [2.75, 3.05) is 5.73 Å². The number of benzene rings is 4. The van der Waals surface area contributed by atoms with Gasteiger partial charge in [0.2, 0.25) is 11.4 Å². The van der Waals surface area contributed by atoms with Crippen LogP contribution in [0.4, 0.5) is 6.01 Å². The Morgan fingerprint density at radius 1 is 0.791 bits per heavy atom. The van der Waals surface area contributed by atoms with Crippen molar-refractivity contribution in [3.05, 3.63) is 147 Å². The van der Waals surface area contributed by atoms with Crippen LogP contribution in [0.3, 0.4) is 0 Å². The number of hydrogen-bond donors (Lipinski definition) is 1. The predicted octanol–water partition coefficient (Wildman–Crippen LogP) is 5.23. The summed E-state index contributed by atoms with van der Waals surface area (Å²) in [4.78, 5) is 17.6. The zero-order valence-corrected chi connectivity index (χ0v) is 22.5. The fraction of sp³-hybridized carbons (Fsp3) is 0.0294. The fourth-order valence-corrected chi connectivity index (χ4v) is 5.04. The van der Waals surface area contributed by atoms with E-state index >= 15 is 0 Å². The highest BCUT2D eigenvalue weighted by Crippen LogP contribution is 2.38. The lowest BCUT2D eigenvalue weighted by Crippen LogP contribution is -2.35. The Morgan fingerprint density at radius 2 is 1.35 bits per heavy atom. The van der Waals surface area contributed by atoms with Gasteiger partial charge in [0.25, 0.3) is 6.01 Å². The lowest BCUT2D eigenvalue weighted by molar-refractivity contribution is 0.455. The Labute approximate surface area is 244 Å². The van der Waals surface area contributed by atoms with Crippen LogP contribution < -0.4 is 31.7 Å². The van der Waals surface area contributed by atoms with Gasteiger partial charge in [-0.1, -0.05) is 60.7 Å². The Morgan fingerprint density at radius 3 is 1.93 bits per heavy atom. The van der Waals surface area contributed by atoms with E-state index in [-0.39, 0.29) is 28.4 Å². The second-order valence-corrected chi connectivity index (χ2v) is 9.73. The average Bonchev–Trinajstić information content (AvgIpc) is 3.57. The van der Waals surface area contributed by atoms with E-state index in [2.05, 4.69) is 11.1 Å². The molecule has 0 amide bonds. The minimum Gasteiger partial charge on any atom is -0.457 e. The summed E-state index contributed by atoms with van der Waals surface area (Å²) in [5.74, 6) is 2.20. The second kappa shape index (κ2) is 10.6. The highest BCUT2D eigenvalue weighted by atomic mass is 16.5. The van der Waals surface area contributed by atoms with Gasteiger partial charge in [-0.25, -0.2) is 9.36 Å². The third-order valence-corrected chi connectivity index (χ3v) is 6.96. The summed E-state index contributed by atoms with van der Waals surface area (Å²) in [7, 11) is 0. The first-order valence-corrected chi connectivity index (χ1v) is 13.4. The molecule has 0 bridgehead atoms. The van der Waals surface area contributed by atoms with E-state index in [1.54, 1.807) is 30.3 Å². The molecule has 1 atom stereocenters. The number of anilines is 1. The van der Waals surface area contributed by atoms with Gasteiger partial charge in [-0.15, -0.1) is 0 Å². The van der Waals surface area contributed by atoms with Crippen molar-refractivity contribution in [2.24, 2.45) is 0 Å². The maximum atomic E-state index is 13.2. The molecule has 0 spiro atoms. The number of nitrogens with two attached hydrogens (primary N) is 1. The van der Waals surface area contributed by atoms with E-state index in [1.807, 2.05) is 84.9 Å². The van der Waals surface area contributed by atoms with E-state index in [0.717, 1.165) is 5.56 Å². The lowest BCUT2D eigenvalue weighted by Gasteiger charge is -2.19. The molecule has 1 aliphatic rings. The maximum Gasteiger partial charge on any atom is 0.362 e. The molecule has 0 unspecified atom stereocenters. The standard InChI is InChI=1S/C34H22N4O5/c35-20-27-29(22-13-17-26(18-14-22)41-24-9-5-2-6-10-24)30-32(43-34(36)37-30)38-28(33(39)42-31(27)38)19-21-11-15-25(16-12-21)40-23-7-3-1-4-8-23/h1-19,29H,(H2,36,37)/b28-19+/t29-/m1/s1. The highest BCUT2D eigenvalue weighted by molar-refractivity contribution is 5.73. The van der Waals surface area contributed by atoms with Crippen molar-refractivity contribution in [2.45, 2.75) is 5.92 Å². The highest BCUT2D eigenvalue weighted by Gasteiger charge is 2.36. The normalized spacial score (nSPS) is 14.1. The van der Waals surface area contributed by atoms with Gasteiger partial charge in [0.05, 0.1) is 5.92 Å². The summed E-state index contributed by atoms with van der Waals surface area (Å²) in [5.41, 5.74) is 7.44. The predicted molar refractivity (Wildman–Crippen MR) is 158 cm³/mol. The molecule has 208 valence electrons. The van der Waals surface area contributed by atoms with Gasteiger partial charge in [0.15, 0.2) is 0 Å². The summed E-state index contributed by atoms with van der Waals surface area (Å²) in [6, 6.07) is 35.4. The average molecular weight is 567 g/mol. The monoisotopic (exact) mass is 566 g/mol. The van der Waals surface area contributed by atoms with E-state index in [1.165, 1.54) is 4.57 Å². The molecule has 2 N–H and O–H groups in total. The molecule has 6 aromatic rings. The number of aromatic nitrogens is 2. The third-order valence-electron chi connectivity index (χ3n) is 6.96. The number of nitriles is 1. The van der Waals surface area contributed by atoms with Crippen LogP contribution in [0, 0.1) is 11.3 Å². The summed E-state index contributed by atoms with van der Waals surface area (Å²) in [5, 5.41) is 10.4. The van der Waals surface area contributed by atoms with Crippen molar-refractivity contribution in [3.63, 3.8) is 0 Å². The molecule has 9 nitrogen and oxygen atoms in total. The van der Waals surface area contributed by atoms with Crippen LogP contribution in [0.5, 0.6) is 23.0 Å². The Kier molecular flexibility index (Phi) is 6.34. The number of fused-ring (bicyclic) bond motifs is 3. The van der Waals surface area contributed by atoms with Crippen LogP contribution in [0.25, 0.3) is 17.5 Å². The van der Waals surface area contributed by atoms with Crippen LogP contribution in [-0.4, -0.2) is 9.55 Å². The van der Waals surface area contributed by atoms with Gasteiger partial charge in [0.1, 0.15) is 45.7 Å². The molecule has 1 aliphatic heterocycles. The van der Waals surface area contributed by atoms with Crippen LogP contribution in [0.1, 0.15) is 22.7 Å². The van der Waals surface area contributed by atoms with Crippen molar-refractivity contribution >= 4 is 17.7 Å². The summed E-state index contributed by atoms with van der Waals surface area (Å²) in [6.07, 6.45) is 1.65. The number of rotatable bonds is 6. The molecule has 2 aromatic heterocycles. The number of oxazole rings is 2. The van der Waals surface area contributed by atoms with Crippen LogP contribution in [0.2, 0.25) is 0 Å². The second-order valence-electron chi connectivity index (χ2n) is 9.73. The quantitative estimate of drug-likeness (QED) is 0.290. The summed E-state index contributed by atoms with van der Waals surface area (Å²) >= 11 is 0. The Balaban J connectivity index is 1.29. The SMILES string of the molecule is N#CC1=c2oc(=O)/c(=C\c3ccc(Oc4ccccc4)cc3)n2-c2oc(N)nc2[C@@H]1c1ccc(Oc2ccccc2)cc1. The van der Waals surface area contributed by atoms with Gasteiger partial charge in [-0.3, -0.25) is 0 Å². The van der Waals surface area contributed by atoms with Crippen molar-refractivity contribution in [3.8, 4) is 35.0 Å². The molecule has 0 radical (unpaired) electrons. The zero-order valence-electron chi connectivity index (χ0n) is 22.5. The molecular formula is C34H22N4O5. The Bertz CT molecular complexity index is 2160. The van der Waals surface area contributed by atoms with Crippen molar-refractivity contribution < 1.29 is 18.3 Å². The minimum absolute atomic E-state index is 0.0565. The molecule has 0 aliphatic carbocycles. The minimum atomic E-state index is -0.681. The molecule has 4 aromatic carbocycles. The van der Waals surface area contributed by atoms with E-state index in [9.17, 15) is 10.1 Å². The molecule has 0 saturated carbocycles. The maximum absolute atomic E-state index is 13.2. The van der Waals surface area contributed by atoms with Gasteiger partial charge in [-0.2, -0.15) is 10.2 Å². The number of para-hydroxylation sites is 2. The molecule has 0 fully saturated rings. The smallest absolute Gasteiger partial charge is 0.362 e. The number of hydrogen-bond acceptors (Lipinski definition) is 8. The summed E-state index contributed by atoms with van der Waals surface area (Å²) < 4.78 is 24.7.